The van der Waals surface area contributed by atoms with Crippen molar-refractivity contribution in [1.82, 2.24) is 0 Å². The van der Waals surface area contributed by atoms with Gasteiger partial charge in [-0.2, -0.15) is 0 Å². The molecule has 1 aliphatic rings. The first-order valence-corrected chi connectivity index (χ1v) is 5.08. The molecule has 1 heterocycles. The minimum absolute atomic E-state index is 0.658. The van der Waals surface area contributed by atoms with Crippen LogP contribution in [0.2, 0.25) is 5.02 Å². The number of benzene rings is 1. The van der Waals surface area contributed by atoms with Crippen LogP contribution in [0, 0.1) is 5.92 Å². The Balaban J connectivity index is 2.27. The van der Waals surface area contributed by atoms with Crippen molar-refractivity contribution in [2.75, 3.05) is 6.61 Å². The van der Waals surface area contributed by atoms with Gasteiger partial charge in [0.05, 0.1) is 6.61 Å². The second-order valence-electron chi connectivity index (χ2n) is 3.54. The number of ether oxygens (including phenoxy) is 1. The standard InChI is InChI=1S/C11H13ClO/c1-2-8-5-9-6-10(12)3-4-11(9)13-7-8/h3-4,6,8H,2,5,7H2,1H3. The van der Waals surface area contributed by atoms with Crippen molar-refractivity contribution in [2.24, 2.45) is 5.92 Å². The summed E-state index contributed by atoms with van der Waals surface area (Å²) in [6.45, 7) is 3.05. The SMILES string of the molecule is CCC1COc2ccc(Cl)cc2C1. The lowest BCUT2D eigenvalue weighted by Gasteiger charge is -2.24. The van der Waals surface area contributed by atoms with E-state index in [-0.39, 0.29) is 0 Å². The van der Waals surface area contributed by atoms with Crippen LogP contribution in [0.15, 0.2) is 18.2 Å². The van der Waals surface area contributed by atoms with E-state index in [4.69, 9.17) is 16.3 Å². The lowest BCUT2D eigenvalue weighted by Crippen LogP contribution is -2.19. The summed E-state index contributed by atoms with van der Waals surface area (Å²) < 4.78 is 5.62. The van der Waals surface area contributed by atoms with Gasteiger partial charge in [0, 0.05) is 5.02 Å². The molecule has 2 rings (SSSR count). The monoisotopic (exact) mass is 196 g/mol. The van der Waals surface area contributed by atoms with Gasteiger partial charge in [0.1, 0.15) is 5.75 Å². The van der Waals surface area contributed by atoms with Crippen LogP contribution in [0.1, 0.15) is 18.9 Å². The summed E-state index contributed by atoms with van der Waals surface area (Å²) in [5.41, 5.74) is 1.26. The van der Waals surface area contributed by atoms with E-state index in [1.165, 1.54) is 12.0 Å². The molecule has 1 unspecified atom stereocenters. The van der Waals surface area contributed by atoms with Gasteiger partial charge in [0.25, 0.3) is 0 Å². The minimum Gasteiger partial charge on any atom is -0.493 e. The van der Waals surface area contributed by atoms with E-state index in [1.54, 1.807) is 0 Å². The normalized spacial score (nSPS) is 20.6. The van der Waals surface area contributed by atoms with E-state index in [9.17, 15) is 0 Å². The summed E-state index contributed by atoms with van der Waals surface area (Å²) >= 11 is 5.91. The fourth-order valence-corrected chi connectivity index (χ4v) is 1.88. The number of fused-ring (bicyclic) bond motifs is 1. The van der Waals surface area contributed by atoms with Crippen molar-refractivity contribution in [1.29, 1.82) is 0 Å². The highest BCUT2D eigenvalue weighted by Crippen LogP contribution is 2.30. The van der Waals surface area contributed by atoms with Crippen LogP contribution in [0.5, 0.6) is 5.75 Å². The third kappa shape index (κ3) is 1.80. The first-order chi connectivity index (χ1) is 6.29. The van der Waals surface area contributed by atoms with E-state index in [0.717, 1.165) is 23.8 Å². The van der Waals surface area contributed by atoms with E-state index < -0.39 is 0 Å². The van der Waals surface area contributed by atoms with Gasteiger partial charge >= 0.3 is 0 Å². The number of rotatable bonds is 1. The molecule has 70 valence electrons. The van der Waals surface area contributed by atoms with Crippen LogP contribution in [-0.2, 0) is 6.42 Å². The Morgan fingerprint density at radius 3 is 3.15 bits per heavy atom. The fraction of sp³-hybridized carbons (Fsp3) is 0.455. The van der Waals surface area contributed by atoms with Gasteiger partial charge in [-0.1, -0.05) is 18.5 Å². The van der Waals surface area contributed by atoms with Gasteiger partial charge < -0.3 is 4.74 Å². The Bertz CT molecular complexity index is 309. The van der Waals surface area contributed by atoms with Crippen LogP contribution in [0.4, 0.5) is 0 Å². The van der Waals surface area contributed by atoms with Gasteiger partial charge in [0.2, 0.25) is 0 Å². The molecule has 0 amide bonds. The van der Waals surface area contributed by atoms with E-state index in [0.29, 0.717) is 5.92 Å². The zero-order valence-corrected chi connectivity index (χ0v) is 8.47. The summed E-state index contributed by atoms with van der Waals surface area (Å²) in [5.74, 6) is 1.67. The molecule has 0 aliphatic carbocycles. The molecule has 0 bridgehead atoms. The summed E-state index contributed by atoms with van der Waals surface area (Å²) in [7, 11) is 0. The maximum atomic E-state index is 5.91. The van der Waals surface area contributed by atoms with Crippen molar-refractivity contribution in [3.05, 3.63) is 28.8 Å². The summed E-state index contributed by atoms with van der Waals surface area (Å²) in [6, 6.07) is 5.86. The Morgan fingerprint density at radius 2 is 2.38 bits per heavy atom. The predicted molar refractivity (Wildman–Crippen MR) is 54.4 cm³/mol. The van der Waals surface area contributed by atoms with Gasteiger partial charge in [-0.05, 0) is 42.5 Å². The largest absolute Gasteiger partial charge is 0.493 e. The van der Waals surface area contributed by atoms with Crippen molar-refractivity contribution in [3.63, 3.8) is 0 Å². The minimum atomic E-state index is 0.658. The van der Waals surface area contributed by atoms with Gasteiger partial charge in [-0.15, -0.1) is 0 Å². The number of hydrogen-bond donors (Lipinski definition) is 0. The van der Waals surface area contributed by atoms with Crippen molar-refractivity contribution in [3.8, 4) is 5.75 Å². The molecule has 13 heavy (non-hydrogen) atoms. The van der Waals surface area contributed by atoms with Crippen LogP contribution in [0.3, 0.4) is 0 Å². The maximum absolute atomic E-state index is 5.91. The van der Waals surface area contributed by atoms with Crippen molar-refractivity contribution < 1.29 is 4.74 Å². The summed E-state index contributed by atoms with van der Waals surface area (Å²) in [5, 5.41) is 0.805. The third-order valence-electron chi connectivity index (χ3n) is 2.58. The van der Waals surface area contributed by atoms with Crippen molar-refractivity contribution >= 4 is 11.6 Å². The molecule has 1 aliphatic heterocycles. The van der Waals surface area contributed by atoms with Gasteiger partial charge in [0.15, 0.2) is 0 Å². The molecular formula is C11H13ClO. The van der Waals surface area contributed by atoms with Crippen LogP contribution in [-0.4, -0.2) is 6.61 Å². The molecule has 0 aromatic heterocycles. The lowest BCUT2D eigenvalue weighted by molar-refractivity contribution is 0.218. The van der Waals surface area contributed by atoms with E-state index >= 15 is 0 Å². The first-order valence-electron chi connectivity index (χ1n) is 4.71. The molecule has 0 radical (unpaired) electrons. The topological polar surface area (TPSA) is 9.23 Å². The summed E-state index contributed by atoms with van der Waals surface area (Å²) in [4.78, 5) is 0. The van der Waals surface area contributed by atoms with Crippen molar-refractivity contribution in [2.45, 2.75) is 19.8 Å². The highest BCUT2D eigenvalue weighted by Gasteiger charge is 2.18. The Labute approximate surface area is 83.7 Å². The van der Waals surface area contributed by atoms with Gasteiger partial charge in [-0.25, -0.2) is 0 Å². The quantitative estimate of drug-likeness (QED) is 0.670. The molecule has 1 nitrogen and oxygen atoms in total. The third-order valence-corrected chi connectivity index (χ3v) is 2.82. The molecule has 0 N–H and O–H groups in total. The molecule has 0 fully saturated rings. The zero-order valence-electron chi connectivity index (χ0n) is 7.72. The second kappa shape index (κ2) is 3.59. The second-order valence-corrected chi connectivity index (χ2v) is 3.98. The molecule has 0 saturated heterocycles. The van der Waals surface area contributed by atoms with E-state index in [2.05, 4.69) is 6.92 Å². The zero-order chi connectivity index (χ0) is 9.26. The highest BCUT2D eigenvalue weighted by molar-refractivity contribution is 6.30. The Kier molecular flexibility index (Phi) is 2.45. The molecule has 1 aromatic carbocycles. The van der Waals surface area contributed by atoms with Gasteiger partial charge in [-0.3, -0.25) is 0 Å². The number of hydrogen-bond acceptors (Lipinski definition) is 1. The lowest BCUT2D eigenvalue weighted by atomic mass is 9.95. The molecule has 0 spiro atoms. The van der Waals surface area contributed by atoms with Crippen LogP contribution in [0.25, 0.3) is 0 Å². The molecule has 1 atom stereocenters. The maximum Gasteiger partial charge on any atom is 0.122 e. The Morgan fingerprint density at radius 1 is 1.54 bits per heavy atom. The van der Waals surface area contributed by atoms with Crippen LogP contribution < -0.4 is 4.74 Å². The fourth-order valence-electron chi connectivity index (χ4n) is 1.69. The predicted octanol–water partition coefficient (Wildman–Crippen LogP) is 3.30. The molecular weight excluding hydrogens is 184 g/mol. The average Bonchev–Trinajstić information content (AvgIpc) is 2.16. The number of halogens is 1. The molecule has 1 aromatic rings. The first kappa shape index (κ1) is 8.89. The van der Waals surface area contributed by atoms with Crippen LogP contribution >= 0.6 is 11.6 Å². The average molecular weight is 197 g/mol. The van der Waals surface area contributed by atoms with E-state index in [1.807, 2.05) is 18.2 Å². The highest BCUT2D eigenvalue weighted by atomic mass is 35.5. The molecule has 2 heteroatoms. The summed E-state index contributed by atoms with van der Waals surface area (Å²) in [6.07, 6.45) is 2.28. The smallest absolute Gasteiger partial charge is 0.122 e. The molecule has 0 saturated carbocycles. The Hall–Kier alpha value is -0.690.